The first kappa shape index (κ1) is 21.4. The van der Waals surface area contributed by atoms with E-state index in [-0.39, 0.29) is 47.6 Å². The van der Waals surface area contributed by atoms with Crippen molar-refractivity contribution in [2.24, 2.45) is 5.92 Å². The molecule has 2 atom stereocenters. The van der Waals surface area contributed by atoms with E-state index in [1.165, 1.54) is 32.4 Å². The molecule has 1 aliphatic rings. The zero-order valence-electron chi connectivity index (χ0n) is 16.3. The second kappa shape index (κ2) is 9.32. The van der Waals surface area contributed by atoms with E-state index in [0.29, 0.717) is 6.61 Å². The van der Waals surface area contributed by atoms with Crippen LogP contribution in [-0.4, -0.2) is 69.2 Å². The number of amides is 2. The standard InChI is InChI=1S/C19H24N2O7/c1-11(10-26-2)21-9-14(8-16(21)22)17(23)20-15-6-12(18(24)27-3)5-13(7-15)19(25)28-4/h5-7,11,14H,8-10H2,1-4H3,(H,20,23)/t11-,14-/m0/s1. The largest absolute Gasteiger partial charge is 0.465 e. The third-order valence-corrected chi connectivity index (χ3v) is 4.51. The quantitative estimate of drug-likeness (QED) is 0.691. The molecule has 0 radical (unpaired) electrons. The first-order valence-corrected chi connectivity index (χ1v) is 8.71. The Labute approximate surface area is 162 Å². The van der Waals surface area contributed by atoms with Gasteiger partial charge >= 0.3 is 11.9 Å². The van der Waals surface area contributed by atoms with Gasteiger partial charge in [-0.1, -0.05) is 0 Å². The molecular weight excluding hydrogens is 368 g/mol. The van der Waals surface area contributed by atoms with E-state index < -0.39 is 17.9 Å². The van der Waals surface area contributed by atoms with Crippen molar-refractivity contribution in [1.29, 1.82) is 0 Å². The van der Waals surface area contributed by atoms with Crippen molar-refractivity contribution in [3.05, 3.63) is 29.3 Å². The molecule has 1 aliphatic heterocycles. The highest BCUT2D eigenvalue weighted by atomic mass is 16.5. The van der Waals surface area contributed by atoms with E-state index >= 15 is 0 Å². The molecule has 1 aromatic carbocycles. The predicted molar refractivity (Wildman–Crippen MR) is 98.9 cm³/mol. The van der Waals surface area contributed by atoms with Gasteiger partial charge in [0.05, 0.1) is 43.9 Å². The Morgan fingerprint density at radius 2 is 1.68 bits per heavy atom. The third-order valence-electron chi connectivity index (χ3n) is 4.51. The maximum absolute atomic E-state index is 12.6. The fourth-order valence-corrected chi connectivity index (χ4v) is 3.08. The minimum absolute atomic E-state index is 0.0838. The number of carbonyl (C=O) groups excluding carboxylic acids is 4. The van der Waals surface area contributed by atoms with Crippen LogP contribution in [0.2, 0.25) is 0 Å². The van der Waals surface area contributed by atoms with Gasteiger partial charge in [-0.25, -0.2) is 9.59 Å². The molecule has 0 saturated carbocycles. The van der Waals surface area contributed by atoms with E-state index in [2.05, 4.69) is 14.8 Å². The summed E-state index contributed by atoms with van der Waals surface area (Å²) >= 11 is 0. The number of carbonyl (C=O) groups is 4. The lowest BCUT2D eigenvalue weighted by atomic mass is 10.1. The number of esters is 2. The first-order valence-electron chi connectivity index (χ1n) is 8.71. The minimum Gasteiger partial charge on any atom is -0.465 e. The number of hydrogen-bond donors (Lipinski definition) is 1. The normalized spacial score (nSPS) is 17.2. The molecule has 1 aromatic rings. The monoisotopic (exact) mass is 392 g/mol. The van der Waals surface area contributed by atoms with Crippen LogP contribution in [-0.2, 0) is 23.8 Å². The number of benzene rings is 1. The summed E-state index contributed by atoms with van der Waals surface area (Å²) in [5, 5.41) is 2.67. The van der Waals surface area contributed by atoms with E-state index in [4.69, 9.17) is 4.74 Å². The fraction of sp³-hybridized carbons (Fsp3) is 0.474. The summed E-state index contributed by atoms with van der Waals surface area (Å²) < 4.78 is 14.4. The van der Waals surface area contributed by atoms with Crippen LogP contribution in [0.15, 0.2) is 18.2 Å². The topological polar surface area (TPSA) is 111 Å². The Bertz CT molecular complexity index is 743. The van der Waals surface area contributed by atoms with Gasteiger partial charge in [0.2, 0.25) is 11.8 Å². The average Bonchev–Trinajstić information content (AvgIpc) is 3.08. The molecular formula is C19H24N2O7. The van der Waals surface area contributed by atoms with Crippen molar-refractivity contribution >= 4 is 29.4 Å². The van der Waals surface area contributed by atoms with Gasteiger partial charge in [0.1, 0.15) is 0 Å². The van der Waals surface area contributed by atoms with E-state index in [1.54, 1.807) is 12.0 Å². The van der Waals surface area contributed by atoms with E-state index in [0.717, 1.165) is 0 Å². The van der Waals surface area contributed by atoms with Crippen molar-refractivity contribution in [1.82, 2.24) is 4.90 Å². The summed E-state index contributed by atoms with van der Waals surface area (Å²) in [6, 6.07) is 3.99. The van der Waals surface area contributed by atoms with Crippen molar-refractivity contribution in [2.45, 2.75) is 19.4 Å². The van der Waals surface area contributed by atoms with Crippen LogP contribution >= 0.6 is 0 Å². The molecule has 0 bridgehead atoms. The molecule has 0 aliphatic carbocycles. The second-order valence-corrected chi connectivity index (χ2v) is 6.52. The summed E-state index contributed by atoms with van der Waals surface area (Å²) in [4.78, 5) is 50.1. The third kappa shape index (κ3) is 4.86. The van der Waals surface area contributed by atoms with Crippen molar-refractivity contribution < 1.29 is 33.4 Å². The highest BCUT2D eigenvalue weighted by molar-refractivity contribution is 6.01. The molecule has 2 rings (SSSR count). The van der Waals surface area contributed by atoms with Gasteiger partial charge < -0.3 is 24.4 Å². The molecule has 9 nitrogen and oxygen atoms in total. The van der Waals surface area contributed by atoms with Gasteiger partial charge in [-0.3, -0.25) is 9.59 Å². The number of nitrogens with zero attached hydrogens (tertiary/aromatic N) is 1. The summed E-state index contributed by atoms with van der Waals surface area (Å²) in [6.07, 6.45) is 0.0838. The Kier molecular flexibility index (Phi) is 7.11. The molecule has 2 amide bonds. The van der Waals surface area contributed by atoms with Gasteiger partial charge in [-0.2, -0.15) is 0 Å². The number of ether oxygens (including phenoxy) is 3. The van der Waals surface area contributed by atoms with Crippen LogP contribution in [0.4, 0.5) is 5.69 Å². The number of anilines is 1. The zero-order chi connectivity index (χ0) is 20.8. The van der Waals surface area contributed by atoms with Crippen LogP contribution < -0.4 is 5.32 Å². The Hall–Kier alpha value is -2.94. The summed E-state index contributed by atoms with van der Waals surface area (Å²) in [5.41, 5.74) is 0.432. The summed E-state index contributed by atoms with van der Waals surface area (Å²) in [6.45, 7) is 2.50. The van der Waals surface area contributed by atoms with Crippen LogP contribution in [0, 0.1) is 5.92 Å². The Morgan fingerprint density at radius 3 is 2.18 bits per heavy atom. The Morgan fingerprint density at radius 1 is 1.11 bits per heavy atom. The zero-order valence-corrected chi connectivity index (χ0v) is 16.3. The lowest BCUT2D eigenvalue weighted by molar-refractivity contribution is -0.130. The number of nitrogens with one attached hydrogen (secondary N) is 1. The highest BCUT2D eigenvalue weighted by Crippen LogP contribution is 2.23. The Balaban J connectivity index is 2.18. The second-order valence-electron chi connectivity index (χ2n) is 6.52. The molecule has 0 unspecified atom stereocenters. The van der Waals surface area contributed by atoms with E-state index in [1.807, 2.05) is 6.92 Å². The maximum atomic E-state index is 12.6. The molecule has 1 saturated heterocycles. The van der Waals surface area contributed by atoms with Gasteiger partial charge in [0.25, 0.3) is 0 Å². The molecule has 28 heavy (non-hydrogen) atoms. The average molecular weight is 392 g/mol. The lowest BCUT2D eigenvalue weighted by Crippen LogP contribution is -2.38. The van der Waals surface area contributed by atoms with Crippen molar-refractivity contribution in [2.75, 3.05) is 39.8 Å². The van der Waals surface area contributed by atoms with Gasteiger partial charge in [-0.15, -0.1) is 0 Å². The molecule has 152 valence electrons. The van der Waals surface area contributed by atoms with Crippen LogP contribution in [0.1, 0.15) is 34.1 Å². The minimum atomic E-state index is -0.656. The molecule has 1 fully saturated rings. The van der Waals surface area contributed by atoms with Gasteiger partial charge in [0, 0.05) is 25.8 Å². The molecule has 9 heteroatoms. The number of rotatable bonds is 7. The first-order chi connectivity index (χ1) is 13.3. The number of hydrogen-bond acceptors (Lipinski definition) is 7. The molecule has 0 aromatic heterocycles. The SMILES string of the molecule is COC[C@H](C)N1C[C@@H](C(=O)Nc2cc(C(=O)OC)cc(C(=O)OC)c2)CC1=O. The van der Waals surface area contributed by atoms with Crippen molar-refractivity contribution in [3.8, 4) is 0 Å². The molecule has 1 N–H and O–H groups in total. The summed E-state index contributed by atoms with van der Waals surface area (Å²) in [7, 11) is 3.98. The van der Waals surface area contributed by atoms with Gasteiger partial charge in [0.15, 0.2) is 0 Å². The molecule has 0 spiro atoms. The van der Waals surface area contributed by atoms with E-state index in [9.17, 15) is 19.2 Å². The summed E-state index contributed by atoms with van der Waals surface area (Å²) in [5.74, 6) is -2.36. The van der Waals surface area contributed by atoms with Crippen LogP contribution in [0.3, 0.4) is 0 Å². The fourth-order valence-electron chi connectivity index (χ4n) is 3.08. The number of likely N-dealkylation sites (tertiary alicyclic amines) is 1. The van der Waals surface area contributed by atoms with Crippen LogP contribution in [0.5, 0.6) is 0 Å². The van der Waals surface area contributed by atoms with Crippen LogP contribution in [0.25, 0.3) is 0 Å². The van der Waals surface area contributed by atoms with Crippen molar-refractivity contribution in [3.63, 3.8) is 0 Å². The lowest BCUT2D eigenvalue weighted by Gasteiger charge is -2.23. The molecule has 1 heterocycles. The van der Waals surface area contributed by atoms with Gasteiger partial charge in [-0.05, 0) is 25.1 Å². The smallest absolute Gasteiger partial charge is 0.337 e. The highest BCUT2D eigenvalue weighted by Gasteiger charge is 2.36. The number of methoxy groups -OCH3 is 3. The predicted octanol–water partition coefficient (Wildman–Crippen LogP) is 1.08. The maximum Gasteiger partial charge on any atom is 0.337 e.